The molecule has 1 N–H and O–H groups in total. The van der Waals surface area contributed by atoms with E-state index in [4.69, 9.17) is 0 Å². The fourth-order valence-electron chi connectivity index (χ4n) is 2.51. The molecule has 21 heavy (non-hydrogen) atoms. The van der Waals surface area contributed by atoms with Crippen molar-refractivity contribution in [3.63, 3.8) is 0 Å². The minimum Gasteiger partial charge on any atom is -0.373 e. The molecule has 1 aliphatic heterocycles. The van der Waals surface area contributed by atoms with Gasteiger partial charge in [-0.1, -0.05) is 13.8 Å². The lowest BCUT2D eigenvalue weighted by molar-refractivity contribution is 0.0572. The average Bonchev–Trinajstić information content (AvgIpc) is 2.48. The van der Waals surface area contributed by atoms with Crippen molar-refractivity contribution >= 4 is 11.7 Å². The van der Waals surface area contributed by atoms with E-state index >= 15 is 0 Å². The van der Waals surface area contributed by atoms with Crippen molar-refractivity contribution in [2.75, 3.05) is 39.0 Å². The van der Waals surface area contributed by atoms with Crippen LogP contribution in [0.2, 0.25) is 0 Å². The fraction of sp³-hybridized carbons (Fsp3) is 0.625. The van der Waals surface area contributed by atoms with Crippen LogP contribution in [0.5, 0.6) is 0 Å². The molecule has 2 heterocycles. The highest BCUT2D eigenvalue weighted by atomic mass is 16.2. The number of pyridine rings is 1. The van der Waals surface area contributed by atoms with Gasteiger partial charge in [-0.05, 0) is 32.0 Å². The first kappa shape index (κ1) is 15.8. The van der Waals surface area contributed by atoms with Crippen LogP contribution < -0.4 is 5.32 Å². The van der Waals surface area contributed by atoms with E-state index in [2.05, 4.69) is 43.0 Å². The quantitative estimate of drug-likeness (QED) is 0.925. The fourth-order valence-corrected chi connectivity index (χ4v) is 2.51. The third kappa shape index (κ3) is 3.53. The van der Waals surface area contributed by atoms with Crippen LogP contribution in [0.4, 0.5) is 5.82 Å². The van der Waals surface area contributed by atoms with Crippen LogP contribution in [0.25, 0.3) is 0 Å². The first-order valence-electron chi connectivity index (χ1n) is 7.61. The first-order valence-corrected chi connectivity index (χ1v) is 7.61. The maximum absolute atomic E-state index is 12.7. The molecule has 0 spiro atoms. The van der Waals surface area contributed by atoms with E-state index in [1.807, 2.05) is 24.1 Å². The molecule has 1 aromatic rings. The number of piperazine rings is 1. The summed E-state index contributed by atoms with van der Waals surface area (Å²) >= 11 is 0. The molecule has 5 heteroatoms. The Hall–Kier alpha value is -1.62. The van der Waals surface area contributed by atoms with Crippen molar-refractivity contribution in [2.45, 2.75) is 32.7 Å². The Morgan fingerprint density at radius 1 is 1.38 bits per heavy atom. The van der Waals surface area contributed by atoms with E-state index in [9.17, 15) is 4.79 Å². The van der Waals surface area contributed by atoms with E-state index in [0.717, 1.165) is 36.7 Å². The summed E-state index contributed by atoms with van der Waals surface area (Å²) in [6.07, 6.45) is 0. The SMILES string of the molecule is CNc1cc(C(=O)N2CCN(C)C(C)C2)cc(C(C)C)n1. The molecule has 5 nitrogen and oxygen atoms in total. The molecule has 0 bridgehead atoms. The molecule has 1 fully saturated rings. The number of nitrogens with one attached hydrogen (secondary N) is 1. The van der Waals surface area contributed by atoms with Gasteiger partial charge >= 0.3 is 0 Å². The van der Waals surface area contributed by atoms with E-state index < -0.39 is 0 Å². The molecule has 0 aliphatic carbocycles. The molecular formula is C16H26N4O. The monoisotopic (exact) mass is 290 g/mol. The Morgan fingerprint density at radius 2 is 2.10 bits per heavy atom. The number of nitrogens with zero attached hydrogens (tertiary/aromatic N) is 3. The number of rotatable bonds is 3. The number of amides is 1. The average molecular weight is 290 g/mol. The van der Waals surface area contributed by atoms with Crippen molar-refractivity contribution in [2.24, 2.45) is 0 Å². The number of carbonyl (C=O) groups excluding carboxylic acids is 1. The largest absolute Gasteiger partial charge is 0.373 e. The number of hydrogen-bond acceptors (Lipinski definition) is 4. The third-order valence-corrected chi connectivity index (χ3v) is 4.19. The van der Waals surface area contributed by atoms with E-state index in [-0.39, 0.29) is 5.91 Å². The number of likely N-dealkylation sites (N-methyl/N-ethyl adjacent to an activating group) is 1. The first-order chi connectivity index (χ1) is 9.92. The van der Waals surface area contributed by atoms with Gasteiger partial charge in [0, 0.05) is 44.0 Å². The third-order valence-electron chi connectivity index (χ3n) is 4.19. The van der Waals surface area contributed by atoms with Gasteiger partial charge in [0.1, 0.15) is 5.82 Å². The van der Waals surface area contributed by atoms with Crippen molar-refractivity contribution < 1.29 is 4.79 Å². The molecule has 0 saturated carbocycles. The van der Waals surface area contributed by atoms with Crippen LogP contribution in [0.3, 0.4) is 0 Å². The zero-order chi connectivity index (χ0) is 15.6. The summed E-state index contributed by atoms with van der Waals surface area (Å²) in [7, 11) is 3.94. The standard InChI is InChI=1S/C16H26N4O/c1-11(2)14-8-13(9-15(17-4)18-14)16(21)20-7-6-19(5)12(3)10-20/h8-9,11-12H,6-7,10H2,1-5H3,(H,17,18). The lowest BCUT2D eigenvalue weighted by Crippen LogP contribution is -2.52. The molecule has 0 radical (unpaired) electrons. The van der Waals surface area contributed by atoms with Crippen molar-refractivity contribution in [3.05, 3.63) is 23.4 Å². The maximum Gasteiger partial charge on any atom is 0.254 e. The topological polar surface area (TPSA) is 48.5 Å². The number of anilines is 1. The lowest BCUT2D eigenvalue weighted by atomic mass is 10.1. The molecule has 0 aromatic carbocycles. The Kier molecular flexibility index (Phi) is 4.83. The highest BCUT2D eigenvalue weighted by molar-refractivity contribution is 5.95. The summed E-state index contributed by atoms with van der Waals surface area (Å²) in [6, 6.07) is 4.17. The van der Waals surface area contributed by atoms with Crippen LogP contribution in [-0.4, -0.2) is 60.5 Å². The summed E-state index contributed by atoms with van der Waals surface area (Å²) in [5.41, 5.74) is 1.68. The Labute approximate surface area is 127 Å². The number of aromatic nitrogens is 1. The molecule has 116 valence electrons. The molecule has 1 aliphatic rings. The summed E-state index contributed by atoms with van der Waals surface area (Å²) < 4.78 is 0. The second-order valence-electron chi connectivity index (χ2n) is 6.15. The highest BCUT2D eigenvalue weighted by Crippen LogP contribution is 2.19. The number of hydrogen-bond donors (Lipinski definition) is 1. The molecule has 1 unspecified atom stereocenters. The van der Waals surface area contributed by atoms with Gasteiger partial charge in [-0.3, -0.25) is 4.79 Å². The molecule has 1 aromatic heterocycles. The van der Waals surface area contributed by atoms with Crippen LogP contribution in [0, 0.1) is 0 Å². The summed E-state index contributed by atoms with van der Waals surface area (Å²) in [4.78, 5) is 21.5. The van der Waals surface area contributed by atoms with Gasteiger partial charge in [0.15, 0.2) is 0 Å². The molecule has 2 rings (SSSR count). The van der Waals surface area contributed by atoms with Gasteiger partial charge in [0.05, 0.1) is 0 Å². The summed E-state index contributed by atoms with van der Waals surface area (Å²) in [5, 5.41) is 3.05. The van der Waals surface area contributed by atoms with Gasteiger partial charge in [0.2, 0.25) is 0 Å². The predicted octanol–water partition coefficient (Wildman–Crippen LogP) is 2.02. The van der Waals surface area contributed by atoms with Crippen LogP contribution in [0.1, 0.15) is 42.7 Å². The summed E-state index contributed by atoms with van der Waals surface area (Å²) in [6.45, 7) is 8.83. The summed E-state index contributed by atoms with van der Waals surface area (Å²) in [5.74, 6) is 1.17. The maximum atomic E-state index is 12.7. The Balaban J connectivity index is 2.24. The molecule has 1 saturated heterocycles. The smallest absolute Gasteiger partial charge is 0.254 e. The lowest BCUT2D eigenvalue weighted by Gasteiger charge is -2.37. The van der Waals surface area contributed by atoms with E-state index in [0.29, 0.717) is 12.0 Å². The minimum atomic E-state index is 0.107. The Bertz CT molecular complexity index is 515. The van der Waals surface area contributed by atoms with Gasteiger partial charge in [-0.2, -0.15) is 0 Å². The van der Waals surface area contributed by atoms with Crippen molar-refractivity contribution in [3.8, 4) is 0 Å². The Morgan fingerprint density at radius 3 is 2.67 bits per heavy atom. The van der Waals surface area contributed by atoms with Gasteiger partial charge in [-0.15, -0.1) is 0 Å². The van der Waals surface area contributed by atoms with Gasteiger partial charge in [-0.25, -0.2) is 4.98 Å². The number of carbonyl (C=O) groups is 1. The second-order valence-corrected chi connectivity index (χ2v) is 6.15. The molecule has 1 atom stereocenters. The molecular weight excluding hydrogens is 264 g/mol. The molecule has 1 amide bonds. The zero-order valence-electron chi connectivity index (χ0n) is 13.7. The van der Waals surface area contributed by atoms with Gasteiger partial charge in [0.25, 0.3) is 5.91 Å². The van der Waals surface area contributed by atoms with Crippen LogP contribution in [-0.2, 0) is 0 Å². The van der Waals surface area contributed by atoms with Crippen molar-refractivity contribution in [1.82, 2.24) is 14.8 Å². The van der Waals surface area contributed by atoms with E-state index in [1.165, 1.54) is 0 Å². The van der Waals surface area contributed by atoms with Crippen molar-refractivity contribution in [1.29, 1.82) is 0 Å². The van der Waals surface area contributed by atoms with Crippen LogP contribution >= 0.6 is 0 Å². The minimum absolute atomic E-state index is 0.107. The van der Waals surface area contributed by atoms with Crippen LogP contribution in [0.15, 0.2) is 12.1 Å². The normalized spacial score (nSPS) is 19.9. The zero-order valence-corrected chi connectivity index (χ0v) is 13.7. The second kappa shape index (κ2) is 6.43. The van der Waals surface area contributed by atoms with Gasteiger partial charge < -0.3 is 15.1 Å². The van der Waals surface area contributed by atoms with E-state index in [1.54, 1.807) is 0 Å². The predicted molar refractivity (Wildman–Crippen MR) is 85.9 cm³/mol. The highest BCUT2D eigenvalue weighted by Gasteiger charge is 2.25.